The van der Waals surface area contributed by atoms with Crippen molar-refractivity contribution in [3.05, 3.63) is 18.2 Å². The molecule has 1 atom stereocenters. The maximum atomic E-state index is 4.39. The molecule has 3 nitrogen and oxygen atoms in total. The molecule has 3 heteroatoms. The maximum Gasteiger partial charge on any atom is 0.0950 e. The molecule has 2 rings (SSSR count). The first-order valence-electron chi connectivity index (χ1n) is 7.09. The van der Waals surface area contributed by atoms with Crippen LogP contribution in [0.1, 0.15) is 63.6 Å². The van der Waals surface area contributed by atoms with E-state index in [1.54, 1.807) is 0 Å². The number of nitrogens with one attached hydrogen (secondary N) is 1. The molecule has 1 fully saturated rings. The quantitative estimate of drug-likeness (QED) is 0.850. The third kappa shape index (κ3) is 2.89. The van der Waals surface area contributed by atoms with Crippen LogP contribution in [0.5, 0.6) is 0 Å². The second-order valence-electron chi connectivity index (χ2n) is 5.10. The lowest BCUT2D eigenvalue weighted by atomic mass is 9.94. The molecular formula is C14H25N3. The topological polar surface area (TPSA) is 29.9 Å². The van der Waals surface area contributed by atoms with Crippen LogP contribution in [0, 0.1) is 0 Å². The highest BCUT2D eigenvalue weighted by Crippen LogP contribution is 2.29. The van der Waals surface area contributed by atoms with Crippen LogP contribution in [0.25, 0.3) is 0 Å². The molecule has 1 aromatic rings. The van der Waals surface area contributed by atoms with Crippen LogP contribution in [0.2, 0.25) is 0 Å². The van der Waals surface area contributed by atoms with Crippen LogP contribution in [0.15, 0.2) is 12.5 Å². The average Bonchev–Trinajstić information content (AvgIpc) is 2.86. The first kappa shape index (κ1) is 12.6. The zero-order chi connectivity index (χ0) is 12.1. The van der Waals surface area contributed by atoms with Crippen molar-refractivity contribution < 1.29 is 0 Å². The summed E-state index contributed by atoms with van der Waals surface area (Å²) in [6.45, 7) is 6.86. The molecule has 0 aliphatic carbocycles. The Morgan fingerprint density at radius 1 is 1.41 bits per heavy atom. The van der Waals surface area contributed by atoms with E-state index >= 15 is 0 Å². The van der Waals surface area contributed by atoms with Crippen LogP contribution >= 0.6 is 0 Å². The van der Waals surface area contributed by atoms with Crippen LogP contribution in [-0.4, -0.2) is 22.6 Å². The summed E-state index contributed by atoms with van der Waals surface area (Å²) in [6.07, 6.45) is 10.4. The third-order valence-corrected chi connectivity index (χ3v) is 3.94. The fraction of sp³-hybridized carbons (Fsp3) is 0.786. The smallest absolute Gasteiger partial charge is 0.0950 e. The van der Waals surface area contributed by atoms with Crippen molar-refractivity contribution in [1.29, 1.82) is 0 Å². The average molecular weight is 235 g/mol. The van der Waals surface area contributed by atoms with Gasteiger partial charge in [0.25, 0.3) is 0 Å². The number of aromatic nitrogens is 2. The van der Waals surface area contributed by atoms with E-state index in [1.807, 2.05) is 6.33 Å². The Bertz CT molecular complexity index is 307. The molecule has 1 aliphatic rings. The Labute approximate surface area is 105 Å². The van der Waals surface area contributed by atoms with Gasteiger partial charge in [0.2, 0.25) is 0 Å². The summed E-state index contributed by atoms with van der Waals surface area (Å²) in [6, 6.07) is 0.646. The Balaban J connectivity index is 2.14. The van der Waals surface area contributed by atoms with Crippen LogP contribution in [0.3, 0.4) is 0 Å². The minimum Gasteiger partial charge on any atom is -0.331 e. The summed E-state index contributed by atoms with van der Waals surface area (Å²) in [5.74, 6) is 0.713. The third-order valence-electron chi connectivity index (χ3n) is 3.94. The Hall–Kier alpha value is -0.830. The summed E-state index contributed by atoms with van der Waals surface area (Å²) in [7, 11) is 0. The van der Waals surface area contributed by atoms with Crippen molar-refractivity contribution in [3.8, 4) is 0 Å². The first-order chi connectivity index (χ1) is 8.36. The van der Waals surface area contributed by atoms with Gasteiger partial charge in [0.15, 0.2) is 0 Å². The second-order valence-corrected chi connectivity index (χ2v) is 5.10. The van der Waals surface area contributed by atoms with E-state index in [4.69, 9.17) is 0 Å². The maximum absolute atomic E-state index is 4.39. The van der Waals surface area contributed by atoms with Gasteiger partial charge in [-0.15, -0.1) is 0 Å². The molecule has 1 unspecified atom stereocenters. The normalized spacial score (nSPS) is 19.4. The van der Waals surface area contributed by atoms with Crippen molar-refractivity contribution in [3.63, 3.8) is 0 Å². The fourth-order valence-corrected chi connectivity index (χ4v) is 2.93. The molecular weight excluding hydrogens is 210 g/mol. The molecule has 1 N–H and O–H groups in total. The Kier molecular flexibility index (Phi) is 4.60. The van der Waals surface area contributed by atoms with E-state index in [0.717, 1.165) is 13.1 Å². The summed E-state index contributed by atoms with van der Waals surface area (Å²) in [5, 5.41) is 3.43. The SMILES string of the molecule is CCCC(CC)n1cncc1C1CCNCC1. The molecule has 2 heterocycles. The lowest BCUT2D eigenvalue weighted by molar-refractivity contribution is 0.392. The van der Waals surface area contributed by atoms with Crippen molar-refractivity contribution in [1.82, 2.24) is 14.9 Å². The molecule has 1 aromatic heterocycles. The van der Waals surface area contributed by atoms with Gasteiger partial charge in [0, 0.05) is 23.9 Å². The molecule has 96 valence electrons. The highest BCUT2D eigenvalue weighted by Gasteiger charge is 2.21. The van der Waals surface area contributed by atoms with Crippen molar-refractivity contribution >= 4 is 0 Å². The molecule has 0 saturated carbocycles. The van der Waals surface area contributed by atoms with Gasteiger partial charge in [-0.2, -0.15) is 0 Å². The van der Waals surface area contributed by atoms with Crippen LogP contribution in [-0.2, 0) is 0 Å². The summed E-state index contributed by atoms with van der Waals surface area (Å²) in [5.41, 5.74) is 1.46. The fourth-order valence-electron chi connectivity index (χ4n) is 2.93. The number of piperidine rings is 1. The zero-order valence-corrected chi connectivity index (χ0v) is 11.2. The van der Waals surface area contributed by atoms with Gasteiger partial charge in [-0.05, 0) is 38.8 Å². The Morgan fingerprint density at radius 3 is 2.82 bits per heavy atom. The number of rotatable bonds is 5. The van der Waals surface area contributed by atoms with Gasteiger partial charge in [-0.25, -0.2) is 4.98 Å². The lowest BCUT2D eigenvalue weighted by Gasteiger charge is -2.26. The summed E-state index contributed by atoms with van der Waals surface area (Å²) in [4.78, 5) is 4.39. The molecule has 17 heavy (non-hydrogen) atoms. The molecule has 0 amide bonds. The first-order valence-corrected chi connectivity index (χ1v) is 7.09. The minimum atomic E-state index is 0.646. The van der Waals surface area contributed by atoms with Crippen LogP contribution in [0.4, 0.5) is 0 Å². The highest BCUT2D eigenvalue weighted by atomic mass is 15.1. The molecule has 1 saturated heterocycles. The van der Waals surface area contributed by atoms with Gasteiger partial charge >= 0.3 is 0 Å². The highest BCUT2D eigenvalue weighted by molar-refractivity contribution is 5.09. The lowest BCUT2D eigenvalue weighted by Crippen LogP contribution is -2.28. The van der Waals surface area contributed by atoms with Crippen molar-refractivity contribution in [2.45, 2.75) is 57.9 Å². The molecule has 0 bridgehead atoms. The van der Waals surface area contributed by atoms with Crippen molar-refractivity contribution in [2.24, 2.45) is 0 Å². The zero-order valence-electron chi connectivity index (χ0n) is 11.2. The number of hydrogen-bond donors (Lipinski definition) is 1. The van der Waals surface area contributed by atoms with Gasteiger partial charge in [-0.1, -0.05) is 20.3 Å². The van der Waals surface area contributed by atoms with E-state index in [2.05, 4.69) is 34.9 Å². The number of nitrogens with zero attached hydrogens (tertiary/aromatic N) is 2. The van der Waals surface area contributed by atoms with Gasteiger partial charge in [0.1, 0.15) is 0 Å². The predicted octanol–water partition coefficient (Wildman–Crippen LogP) is 3.10. The molecule has 1 aliphatic heterocycles. The van der Waals surface area contributed by atoms with Crippen molar-refractivity contribution in [2.75, 3.05) is 13.1 Å². The van der Waals surface area contributed by atoms with Gasteiger partial charge < -0.3 is 9.88 Å². The van der Waals surface area contributed by atoms with E-state index in [9.17, 15) is 0 Å². The summed E-state index contributed by atoms with van der Waals surface area (Å²) < 4.78 is 2.44. The number of imidazole rings is 1. The summed E-state index contributed by atoms with van der Waals surface area (Å²) >= 11 is 0. The van der Waals surface area contributed by atoms with Gasteiger partial charge in [0.05, 0.1) is 6.33 Å². The van der Waals surface area contributed by atoms with E-state index < -0.39 is 0 Å². The molecule has 0 aromatic carbocycles. The molecule has 0 radical (unpaired) electrons. The largest absolute Gasteiger partial charge is 0.331 e. The van der Waals surface area contributed by atoms with E-state index in [-0.39, 0.29) is 0 Å². The monoisotopic (exact) mass is 235 g/mol. The van der Waals surface area contributed by atoms with E-state index in [1.165, 1.54) is 37.8 Å². The number of hydrogen-bond acceptors (Lipinski definition) is 2. The Morgan fingerprint density at radius 2 is 2.18 bits per heavy atom. The minimum absolute atomic E-state index is 0.646. The van der Waals surface area contributed by atoms with E-state index in [0.29, 0.717) is 12.0 Å². The molecule has 0 spiro atoms. The standard InChI is InChI=1S/C14H25N3/c1-3-5-13(4-2)17-11-16-10-14(17)12-6-8-15-9-7-12/h10-13,15H,3-9H2,1-2H3. The second kappa shape index (κ2) is 6.20. The predicted molar refractivity (Wildman–Crippen MR) is 71.3 cm³/mol. The van der Waals surface area contributed by atoms with Crippen LogP contribution < -0.4 is 5.32 Å². The van der Waals surface area contributed by atoms with Gasteiger partial charge in [-0.3, -0.25) is 0 Å².